The first-order valence-electron chi connectivity index (χ1n) is 5.86. The van der Waals surface area contributed by atoms with Crippen molar-refractivity contribution >= 4 is 33.2 Å². The van der Waals surface area contributed by atoms with Gasteiger partial charge in [0.1, 0.15) is 0 Å². The summed E-state index contributed by atoms with van der Waals surface area (Å²) in [5.74, 6) is 0.0534. The van der Waals surface area contributed by atoms with Gasteiger partial charge in [0.05, 0.1) is 6.04 Å². The summed E-state index contributed by atoms with van der Waals surface area (Å²) >= 11 is 5.14. The Labute approximate surface area is 121 Å². The van der Waals surface area contributed by atoms with Gasteiger partial charge in [-0.3, -0.25) is 9.69 Å². The molecule has 102 valence electrons. The van der Waals surface area contributed by atoms with Crippen molar-refractivity contribution in [2.24, 2.45) is 5.73 Å². The van der Waals surface area contributed by atoms with Crippen LogP contribution in [0.4, 0.5) is 0 Å². The Hall–Kier alpha value is -0.430. The fraction of sp³-hybridized carbons (Fsp3) is 0.583. The number of hydrogen-bond donors (Lipinski definition) is 2. The molecule has 4 nitrogen and oxygen atoms in total. The number of nitrogens with one attached hydrogen (secondary N) is 1. The van der Waals surface area contributed by atoms with Crippen LogP contribution in [-0.4, -0.2) is 37.5 Å². The second-order valence-corrected chi connectivity index (χ2v) is 6.23. The molecular formula is C12H20BrN3OS. The highest BCUT2D eigenvalue weighted by Gasteiger charge is 2.23. The van der Waals surface area contributed by atoms with E-state index in [9.17, 15) is 4.79 Å². The maximum absolute atomic E-state index is 11.3. The van der Waals surface area contributed by atoms with Crippen molar-refractivity contribution in [3.05, 3.63) is 20.8 Å². The Morgan fingerprint density at radius 1 is 1.67 bits per heavy atom. The van der Waals surface area contributed by atoms with Crippen molar-refractivity contribution < 1.29 is 4.79 Å². The van der Waals surface area contributed by atoms with Crippen LogP contribution < -0.4 is 11.1 Å². The molecule has 0 radical (unpaired) electrons. The van der Waals surface area contributed by atoms with E-state index in [-0.39, 0.29) is 18.0 Å². The zero-order chi connectivity index (χ0) is 13.7. The van der Waals surface area contributed by atoms with Crippen LogP contribution in [0.3, 0.4) is 0 Å². The number of amides is 1. The summed E-state index contributed by atoms with van der Waals surface area (Å²) in [4.78, 5) is 14.6. The van der Waals surface area contributed by atoms with E-state index in [1.54, 1.807) is 18.4 Å². The molecule has 2 atom stereocenters. The minimum absolute atomic E-state index is 0.0187. The highest BCUT2D eigenvalue weighted by Crippen LogP contribution is 2.30. The molecule has 1 amide bonds. The lowest BCUT2D eigenvalue weighted by atomic mass is 10.1. The topological polar surface area (TPSA) is 58.4 Å². The third-order valence-corrected chi connectivity index (χ3v) is 4.59. The molecule has 6 heteroatoms. The Bertz CT molecular complexity index is 394. The SMILES string of the molecule is CNC(=O)CCN(C)C(c1cc(Br)cs1)C(C)N. The monoisotopic (exact) mass is 333 g/mol. The molecule has 0 spiro atoms. The Morgan fingerprint density at radius 3 is 2.78 bits per heavy atom. The molecular weight excluding hydrogens is 314 g/mol. The van der Waals surface area contributed by atoms with Gasteiger partial charge >= 0.3 is 0 Å². The van der Waals surface area contributed by atoms with E-state index >= 15 is 0 Å². The van der Waals surface area contributed by atoms with Crippen molar-refractivity contribution in [1.29, 1.82) is 0 Å². The third kappa shape index (κ3) is 4.35. The van der Waals surface area contributed by atoms with Gasteiger partial charge in [-0.2, -0.15) is 0 Å². The second kappa shape index (κ2) is 7.23. The highest BCUT2D eigenvalue weighted by atomic mass is 79.9. The van der Waals surface area contributed by atoms with Gasteiger partial charge < -0.3 is 11.1 Å². The van der Waals surface area contributed by atoms with Gasteiger partial charge in [-0.25, -0.2) is 0 Å². The van der Waals surface area contributed by atoms with Crippen molar-refractivity contribution in [2.45, 2.75) is 25.4 Å². The van der Waals surface area contributed by atoms with Crippen molar-refractivity contribution in [3.8, 4) is 0 Å². The molecule has 1 aromatic heterocycles. The molecule has 3 N–H and O–H groups in total. The summed E-state index contributed by atoms with van der Waals surface area (Å²) in [5.41, 5.74) is 6.07. The van der Waals surface area contributed by atoms with E-state index in [4.69, 9.17) is 5.73 Å². The number of thiophene rings is 1. The Morgan fingerprint density at radius 2 is 2.33 bits per heavy atom. The molecule has 0 fully saturated rings. The number of nitrogens with zero attached hydrogens (tertiary/aromatic N) is 1. The van der Waals surface area contributed by atoms with E-state index in [2.05, 4.69) is 37.6 Å². The summed E-state index contributed by atoms with van der Waals surface area (Å²) in [5, 5.41) is 4.68. The lowest BCUT2D eigenvalue weighted by molar-refractivity contribution is -0.121. The van der Waals surface area contributed by atoms with Crippen LogP contribution in [0.25, 0.3) is 0 Å². The van der Waals surface area contributed by atoms with Gasteiger partial charge in [-0.05, 0) is 36.0 Å². The van der Waals surface area contributed by atoms with E-state index in [1.807, 2.05) is 14.0 Å². The minimum atomic E-state index is 0.0187. The molecule has 0 saturated carbocycles. The smallest absolute Gasteiger partial charge is 0.221 e. The predicted molar refractivity (Wildman–Crippen MR) is 79.7 cm³/mol. The summed E-state index contributed by atoms with van der Waals surface area (Å²) < 4.78 is 1.08. The van der Waals surface area contributed by atoms with Crippen molar-refractivity contribution in [1.82, 2.24) is 10.2 Å². The molecule has 0 aromatic carbocycles. The molecule has 1 heterocycles. The first kappa shape index (κ1) is 15.6. The average Bonchev–Trinajstić information content (AvgIpc) is 2.72. The number of carbonyl (C=O) groups is 1. The first-order valence-corrected chi connectivity index (χ1v) is 7.53. The molecule has 0 bridgehead atoms. The number of likely N-dealkylation sites (N-methyl/N-ethyl adjacent to an activating group) is 1. The van der Waals surface area contributed by atoms with Crippen molar-refractivity contribution in [2.75, 3.05) is 20.6 Å². The molecule has 1 aromatic rings. The van der Waals surface area contributed by atoms with Gasteiger partial charge in [-0.1, -0.05) is 0 Å². The molecule has 0 saturated heterocycles. The van der Waals surface area contributed by atoms with Crippen LogP contribution in [0.2, 0.25) is 0 Å². The van der Waals surface area contributed by atoms with Gasteiger partial charge in [0.25, 0.3) is 0 Å². The molecule has 0 aliphatic rings. The average molecular weight is 334 g/mol. The molecule has 0 aliphatic carbocycles. The van der Waals surface area contributed by atoms with Gasteiger partial charge in [0, 0.05) is 40.8 Å². The molecule has 18 heavy (non-hydrogen) atoms. The van der Waals surface area contributed by atoms with Crippen LogP contribution in [-0.2, 0) is 4.79 Å². The maximum Gasteiger partial charge on any atom is 0.221 e. The second-order valence-electron chi connectivity index (χ2n) is 4.38. The molecule has 0 aliphatic heterocycles. The van der Waals surface area contributed by atoms with Crippen LogP contribution in [0.1, 0.15) is 24.3 Å². The van der Waals surface area contributed by atoms with E-state index in [1.165, 1.54) is 4.88 Å². The largest absolute Gasteiger partial charge is 0.359 e. The highest BCUT2D eigenvalue weighted by molar-refractivity contribution is 9.10. The Kier molecular flexibility index (Phi) is 6.28. The van der Waals surface area contributed by atoms with Gasteiger partial charge in [0.15, 0.2) is 0 Å². The van der Waals surface area contributed by atoms with Gasteiger partial charge in [-0.15, -0.1) is 11.3 Å². The van der Waals surface area contributed by atoms with Crippen LogP contribution in [0, 0.1) is 0 Å². The normalized spacial score (nSPS) is 14.6. The quantitative estimate of drug-likeness (QED) is 0.836. The lowest BCUT2D eigenvalue weighted by Gasteiger charge is -2.30. The fourth-order valence-corrected chi connectivity index (χ4v) is 3.63. The number of rotatable bonds is 6. The third-order valence-electron chi connectivity index (χ3n) is 2.82. The standard InChI is InChI=1S/C12H20BrN3OS/c1-8(14)12(10-6-9(13)7-18-10)16(3)5-4-11(17)15-2/h6-8,12H,4-5,14H2,1-3H3,(H,15,17). The lowest BCUT2D eigenvalue weighted by Crippen LogP contribution is -2.38. The predicted octanol–water partition coefficient (Wildman–Crippen LogP) is 1.97. The summed E-state index contributed by atoms with van der Waals surface area (Å²) in [6.45, 7) is 2.69. The van der Waals surface area contributed by atoms with E-state index < -0.39 is 0 Å². The first-order chi connectivity index (χ1) is 8.45. The van der Waals surface area contributed by atoms with Crippen LogP contribution in [0.5, 0.6) is 0 Å². The zero-order valence-electron chi connectivity index (χ0n) is 10.9. The fourth-order valence-electron chi connectivity index (χ4n) is 1.90. The molecule has 1 rings (SSSR count). The summed E-state index contributed by atoms with van der Waals surface area (Å²) in [6, 6.07) is 2.26. The van der Waals surface area contributed by atoms with Crippen LogP contribution in [0.15, 0.2) is 15.9 Å². The maximum atomic E-state index is 11.3. The number of nitrogens with two attached hydrogens (primary N) is 1. The number of hydrogen-bond acceptors (Lipinski definition) is 4. The van der Waals surface area contributed by atoms with Crippen LogP contribution >= 0.6 is 27.3 Å². The number of halogens is 1. The van der Waals surface area contributed by atoms with E-state index in [0.29, 0.717) is 13.0 Å². The zero-order valence-corrected chi connectivity index (χ0v) is 13.3. The minimum Gasteiger partial charge on any atom is -0.359 e. The van der Waals surface area contributed by atoms with Crippen molar-refractivity contribution in [3.63, 3.8) is 0 Å². The molecule has 2 unspecified atom stereocenters. The summed E-state index contributed by atoms with van der Waals surface area (Å²) in [7, 11) is 3.66. The van der Waals surface area contributed by atoms with Gasteiger partial charge in [0.2, 0.25) is 5.91 Å². The summed E-state index contributed by atoms with van der Waals surface area (Å²) in [6.07, 6.45) is 0.489. The van der Waals surface area contributed by atoms with E-state index in [0.717, 1.165) is 4.47 Å². The number of carbonyl (C=O) groups excluding carboxylic acids is 1. The Balaban J connectivity index is 2.70.